The molecular formula is C8H12N4O2S. The number of anilines is 1. The van der Waals surface area contributed by atoms with Crippen molar-refractivity contribution in [1.29, 1.82) is 0 Å². The zero-order chi connectivity index (χ0) is 10.8. The number of carboxylic acids is 1. The normalized spacial score (nSPS) is 21.7. The Labute approximate surface area is 91.1 Å². The van der Waals surface area contributed by atoms with Gasteiger partial charge in [-0.3, -0.25) is 0 Å². The van der Waals surface area contributed by atoms with Crippen molar-refractivity contribution in [3.63, 3.8) is 0 Å². The molecule has 1 fully saturated rings. The lowest BCUT2D eigenvalue weighted by molar-refractivity contribution is -0.138. The topological polar surface area (TPSA) is 78.4 Å². The number of aliphatic carboxylic acids is 1. The number of nitrogens with zero attached hydrogens (tertiary/aromatic N) is 3. The number of rotatable bonds is 2. The molecule has 1 aliphatic heterocycles. The van der Waals surface area contributed by atoms with Crippen LogP contribution in [0, 0.1) is 6.92 Å². The van der Waals surface area contributed by atoms with Crippen molar-refractivity contribution in [2.75, 3.05) is 24.5 Å². The Bertz CT molecular complexity index is 367. The Balaban J connectivity index is 2.21. The third kappa shape index (κ3) is 2.07. The summed E-state index contributed by atoms with van der Waals surface area (Å²) in [7, 11) is 0. The number of hydrogen-bond donors (Lipinski definition) is 2. The smallest absolute Gasteiger partial charge is 0.327 e. The summed E-state index contributed by atoms with van der Waals surface area (Å²) < 4.78 is 4.06. The van der Waals surface area contributed by atoms with Gasteiger partial charge in [0.25, 0.3) is 0 Å². The second kappa shape index (κ2) is 4.11. The summed E-state index contributed by atoms with van der Waals surface area (Å²) in [6.45, 7) is 3.69. The Hall–Kier alpha value is -1.21. The molecule has 0 amide bonds. The van der Waals surface area contributed by atoms with Crippen molar-refractivity contribution in [2.45, 2.75) is 13.0 Å². The summed E-state index contributed by atoms with van der Waals surface area (Å²) in [4.78, 5) is 17.0. The Morgan fingerprint density at radius 2 is 2.53 bits per heavy atom. The average Bonchev–Trinajstić information content (AvgIpc) is 2.65. The van der Waals surface area contributed by atoms with Gasteiger partial charge in [0.15, 0.2) is 0 Å². The third-order valence-corrected chi connectivity index (χ3v) is 3.14. The van der Waals surface area contributed by atoms with Gasteiger partial charge in [-0.2, -0.15) is 4.37 Å². The van der Waals surface area contributed by atoms with Crippen molar-refractivity contribution in [3.05, 3.63) is 5.82 Å². The van der Waals surface area contributed by atoms with E-state index in [-0.39, 0.29) is 0 Å². The van der Waals surface area contributed by atoms with Crippen LogP contribution in [-0.2, 0) is 4.79 Å². The average molecular weight is 228 g/mol. The minimum atomic E-state index is -0.824. The lowest BCUT2D eigenvalue weighted by Gasteiger charge is -2.32. The number of aromatic nitrogens is 2. The number of piperazine rings is 1. The first-order valence-electron chi connectivity index (χ1n) is 4.69. The molecule has 6 nitrogen and oxygen atoms in total. The first-order chi connectivity index (χ1) is 7.18. The van der Waals surface area contributed by atoms with E-state index in [0.717, 1.165) is 6.54 Å². The second-order valence-corrected chi connectivity index (χ2v) is 4.11. The maximum Gasteiger partial charge on any atom is 0.327 e. The van der Waals surface area contributed by atoms with E-state index in [1.54, 1.807) is 11.8 Å². The molecule has 2 rings (SSSR count). The van der Waals surface area contributed by atoms with E-state index in [2.05, 4.69) is 14.7 Å². The lowest BCUT2D eigenvalue weighted by Crippen LogP contribution is -2.55. The SMILES string of the molecule is Cc1nsc(N2CCNCC2C(=O)O)n1. The first-order valence-corrected chi connectivity index (χ1v) is 5.46. The summed E-state index contributed by atoms with van der Waals surface area (Å²) in [5.41, 5.74) is 0. The molecule has 1 aliphatic rings. The molecule has 2 heterocycles. The fourth-order valence-electron chi connectivity index (χ4n) is 1.56. The standard InChI is InChI=1S/C8H12N4O2S/c1-5-10-8(15-11-5)12-3-2-9-4-6(12)7(13)14/h6,9H,2-4H2,1H3,(H,13,14). The van der Waals surface area contributed by atoms with Crippen LogP contribution in [0.3, 0.4) is 0 Å². The molecular weight excluding hydrogens is 216 g/mol. The quantitative estimate of drug-likeness (QED) is 0.724. The number of aryl methyl sites for hydroxylation is 1. The molecule has 0 aromatic carbocycles. The van der Waals surface area contributed by atoms with E-state index in [4.69, 9.17) is 5.11 Å². The van der Waals surface area contributed by atoms with E-state index in [1.165, 1.54) is 11.5 Å². The van der Waals surface area contributed by atoms with Gasteiger partial charge in [0.2, 0.25) is 5.13 Å². The van der Waals surface area contributed by atoms with E-state index < -0.39 is 12.0 Å². The van der Waals surface area contributed by atoms with Crippen LogP contribution < -0.4 is 10.2 Å². The molecule has 1 aromatic rings. The maximum absolute atomic E-state index is 11.0. The molecule has 15 heavy (non-hydrogen) atoms. The summed E-state index contributed by atoms with van der Waals surface area (Å²) in [6, 6.07) is -0.536. The van der Waals surface area contributed by atoms with Crippen LogP contribution in [-0.4, -0.2) is 46.1 Å². The molecule has 0 radical (unpaired) electrons. The zero-order valence-electron chi connectivity index (χ0n) is 8.30. The van der Waals surface area contributed by atoms with Crippen LogP contribution in [0.2, 0.25) is 0 Å². The third-order valence-electron chi connectivity index (χ3n) is 2.29. The highest BCUT2D eigenvalue weighted by Gasteiger charge is 2.30. The number of carbonyl (C=O) groups is 1. The lowest BCUT2D eigenvalue weighted by atomic mass is 10.2. The number of hydrogen-bond acceptors (Lipinski definition) is 6. The maximum atomic E-state index is 11.0. The predicted octanol–water partition coefficient (Wildman–Crippen LogP) is -0.291. The van der Waals surface area contributed by atoms with Gasteiger partial charge < -0.3 is 15.3 Å². The van der Waals surface area contributed by atoms with Crippen LogP contribution in [0.25, 0.3) is 0 Å². The molecule has 2 N–H and O–H groups in total. The molecule has 0 spiro atoms. The van der Waals surface area contributed by atoms with Gasteiger partial charge in [0.1, 0.15) is 11.9 Å². The highest BCUT2D eigenvalue weighted by Crippen LogP contribution is 2.20. The molecule has 1 atom stereocenters. The molecule has 0 bridgehead atoms. The van der Waals surface area contributed by atoms with Crippen LogP contribution >= 0.6 is 11.5 Å². The summed E-state index contributed by atoms with van der Waals surface area (Å²) in [6.07, 6.45) is 0. The molecule has 1 saturated heterocycles. The van der Waals surface area contributed by atoms with Crippen molar-refractivity contribution in [3.8, 4) is 0 Å². The Kier molecular flexibility index (Phi) is 2.83. The highest BCUT2D eigenvalue weighted by molar-refractivity contribution is 7.09. The van der Waals surface area contributed by atoms with E-state index >= 15 is 0 Å². The molecule has 7 heteroatoms. The molecule has 1 aromatic heterocycles. The van der Waals surface area contributed by atoms with Crippen LogP contribution in [0.1, 0.15) is 5.82 Å². The van der Waals surface area contributed by atoms with Crippen LogP contribution in [0.15, 0.2) is 0 Å². The van der Waals surface area contributed by atoms with Gasteiger partial charge >= 0.3 is 5.97 Å². The van der Waals surface area contributed by atoms with Gasteiger partial charge in [-0.15, -0.1) is 0 Å². The van der Waals surface area contributed by atoms with Gasteiger partial charge in [-0.05, 0) is 6.92 Å². The highest BCUT2D eigenvalue weighted by atomic mass is 32.1. The van der Waals surface area contributed by atoms with Crippen LogP contribution in [0.5, 0.6) is 0 Å². The predicted molar refractivity (Wildman–Crippen MR) is 56.3 cm³/mol. The molecule has 0 saturated carbocycles. The monoisotopic (exact) mass is 228 g/mol. The number of nitrogens with one attached hydrogen (secondary N) is 1. The zero-order valence-corrected chi connectivity index (χ0v) is 9.12. The van der Waals surface area contributed by atoms with Crippen molar-refractivity contribution >= 4 is 22.6 Å². The van der Waals surface area contributed by atoms with Gasteiger partial charge in [0, 0.05) is 31.2 Å². The van der Waals surface area contributed by atoms with Crippen molar-refractivity contribution in [1.82, 2.24) is 14.7 Å². The van der Waals surface area contributed by atoms with Crippen LogP contribution in [0.4, 0.5) is 5.13 Å². The van der Waals surface area contributed by atoms with E-state index in [1.807, 2.05) is 0 Å². The summed E-state index contributed by atoms with van der Waals surface area (Å²) in [5, 5.41) is 12.8. The number of carboxylic acid groups (broad SMARTS) is 1. The van der Waals surface area contributed by atoms with Gasteiger partial charge in [-0.25, -0.2) is 9.78 Å². The molecule has 1 unspecified atom stereocenters. The fourth-order valence-corrected chi connectivity index (χ4v) is 2.31. The van der Waals surface area contributed by atoms with E-state index in [9.17, 15) is 4.79 Å². The molecule has 0 aliphatic carbocycles. The molecule has 82 valence electrons. The minimum absolute atomic E-state index is 0.452. The summed E-state index contributed by atoms with van der Waals surface area (Å²) in [5.74, 6) is -0.132. The van der Waals surface area contributed by atoms with E-state index in [0.29, 0.717) is 24.0 Å². The largest absolute Gasteiger partial charge is 0.480 e. The Morgan fingerprint density at radius 3 is 3.13 bits per heavy atom. The first kappa shape index (κ1) is 10.3. The fraction of sp³-hybridized carbons (Fsp3) is 0.625. The van der Waals surface area contributed by atoms with Gasteiger partial charge in [-0.1, -0.05) is 0 Å². The van der Waals surface area contributed by atoms with Crippen molar-refractivity contribution < 1.29 is 9.90 Å². The van der Waals surface area contributed by atoms with Gasteiger partial charge in [0.05, 0.1) is 0 Å². The second-order valence-electron chi connectivity index (χ2n) is 3.38. The summed E-state index contributed by atoms with van der Waals surface area (Å²) >= 11 is 1.25. The Morgan fingerprint density at radius 1 is 1.73 bits per heavy atom. The minimum Gasteiger partial charge on any atom is -0.480 e. The van der Waals surface area contributed by atoms with Crippen molar-refractivity contribution in [2.24, 2.45) is 0 Å².